The summed E-state index contributed by atoms with van der Waals surface area (Å²) in [6, 6.07) is 28.0. The maximum atomic E-state index is 13.6. The van der Waals surface area contributed by atoms with Crippen LogP contribution in [0.25, 0.3) is 17.3 Å². The molecule has 0 amide bonds. The fourth-order valence-electron chi connectivity index (χ4n) is 5.05. The number of aromatic nitrogens is 1. The minimum atomic E-state index is -0.242. The highest BCUT2D eigenvalue weighted by molar-refractivity contribution is 7.99. The van der Waals surface area contributed by atoms with Gasteiger partial charge in [0.2, 0.25) is 0 Å². The van der Waals surface area contributed by atoms with Gasteiger partial charge in [0.05, 0.1) is 21.6 Å². The second-order valence-corrected chi connectivity index (χ2v) is 11.9. The third-order valence-electron chi connectivity index (χ3n) is 7.21. The highest BCUT2D eigenvalue weighted by Gasteiger charge is 2.25. The molecule has 0 saturated carbocycles. The van der Waals surface area contributed by atoms with Gasteiger partial charge in [-0.3, -0.25) is 9.36 Å². The van der Waals surface area contributed by atoms with Gasteiger partial charge in [-0.05, 0) is 60.4 Å². The molecule has 1 atom stereocenters. The van der Waals surface area contributed by atoms with Crippen LogP contribution in [-0.4, -0.2) is 11.1 Å². The normalized spacial score (nSPS) is 13.2. The predicted molar refractivity (Wildman–Crippen MR) is 165 cm³/mol. The minimum Gasteiger partial charge on any atom is -0.339 e. The Labute approximate surface area is 242 Å². The fourth-order valence-corrected chi connectivity index (χ4v) is 7.24. The predicted octanol–water partition coefficient (Wildman–Crippen LogP) is 6.74. The molecule has 0 aliphatic carbocycles. The average molecular weight is 563 g/mol. The summed E-state index contributed by atoms with van der Waals surface area (Å²) in [6.45, 7) is 5.50. The Hall–Kier alpha value is -4.04. The number of rotatable bonds is 8. The zero-order valence-electron chi connectivity index (χ0n) is 22.6. The molecule has 2 heterocycles. The van der Waals surface area contributed by atoms with Crippen molar-refractivity contribution < 1.29 is 0 Å². The maximum Gasteiger partial charge on any atom is 0.273 e. The van der Waals surface area contributed by atoms with Crippen molar-refractivity contribution in [2.24, 2.45) is 5.92 Å². The van der Waals surface area contributed by atoms with Crippen molar-refractivity contribution in [3.05, 3.63) is 97.9 Å². The molecule has 0 saturated heterocycles. The summed E-state index contributed by atoms with van der Waals surface area (Å²) in [5.41, 5.74) is 3.65. The number of hydrogen-bond acceptors (Lipinski definition) is 6. The fraction of sp³-hybridized carbons (Fsp3) is 0.242. The van der Waals surface area contributed by atoms with Gasteiger partial charge in [0.25, 0.3) is 5.56 Å². The van der Waals surface area contributed by atoms with Crippen molar-refractivity contribution >= 4 is 46.1 Å². The molecule has 0 spiro atoms. The van der Waals surface area contributed by atoms with E-state index >= 15 is 0 Å². The molecule has 40 heavy (non-hydrogen) atoms. The van der Waals surface area contributed by atoms with Crippen LogP contribution in [0.3, 0.4) is 0 Å². The molecule has 1 aromatic heterocycles. The van der Waals surface area contributed by atoms with Crippen LogP contribution < -0.4 is 19.7 Å². The van der Waals surface area contributed by atoms with Crippen LogP contribution in [-0.2, 0) is 0 Å². The lowest BCUT2D eigenvalue weighted by Gasteiger charge is -2.35. The molecule has 5 rings (SSSR count). The molecule has 3 aromatic carbocycles. The Balaban J connectivity index is 1.61. The summed E-state index contributed by atoms with van der Waals surface area (Å²) < 4.78 is 2.29. The molecular formula is C33H30N4OS2. The molecule has 1 aliphatic rings. The van der Waals surface area contributed by atoms with E-state index in [0.29, 0.717) is 20.8 Å². The zero-order chi connectivity index (χ0) is 28.1. The van der Waals surface area contributed by atoms with Crippen LogP contribution in [0.1, 0.15) is 45.1 Å². The molecule has 7 heteroatoms. The van der Waals surface area contributed by atoms with Crippen LogP contribution in [0.4, 0.5) is 11.4 Å². The smallest absolute Gasteiger partial charge is 0.273 e. The molecule has 1 aliphatic heterocycles. The van der Waals surface area contributed by atoms with Crippen LogP contribution in [0.5, 0.6) is 0 Å². The van der Waals surface area contributed by atoms with Gasteiger partial charge in [0, 0.05) is 16.3 Å². The summed E-state index contributed by atoms with van der Waals surface area (Å²) in [4.78, 5) is 18.4. The van der Waals surface area contributed by atoms with Crippen molar-refractivity contribution in [3.63, 3.8) is 0 Å². The number of thiazole rings is 1. The van der Waals surface area contributed by atoms with Gasteiger partial charge in [-0.15, -0.1) is 11.3 Å². The van der Waals surface area contributed by atoms with Crippen LogP contribution in [0, 0.1) is 28.6 Å². The largest absolute Gasteiger partial charge is 0.339 e. The van der Waals surface area contributed by atoms with Crippen molar-refractivity contribution in [2.45, 2.75) is 49.3 Å². The molecular weight excluding hydrogens is 533 g/mol. The molecule has 5 nitrogen and oxygen atoms in total. The summed E-state index contributed by atoms with van der Waals surface area (Å²) in [6.07, 6.45) is 6.68. The lowest BCUT2D eigenvalue weighted by molar-refractivity contribution is 0.457. The quantitative estimate of drug-likeness (QED) is 0.238. The number of para-hydroxylation sites is 2. The number of hydrogen-bond donors (Lipinski definition) is 0. The van der Waals surface area contributed by atoms with E-state index in [1.54, 1.807) is 23.9 Å². The summed E-state index contributed by atoms with van der Waals surface area (Å²) in [7, 11) is 0. The number of nitriles is 2. The second kappa shape index (κ2) is 12.4. The van der Waals surface area contributed by atoms with Gasteiger partial charge >= 0.3 is 0 Å². The van der Waals surface area contributed by atoms with E-state index in [9.17, 15) is 15.3 Å². The molecule has 1 unspecified atom stereocenters. The molecule has 200 valence electrons. The molecule has 0 radical (unpaired) electrons. The average Bonchev–Trinajstić information content (AvgIpc) is 3.30. The van der Waals surface area contributed by atoms with Gasteiger partial charge in [-0.1, -0.05) is 81.3 Å². The van der Waals surface area contributed by atoms with Gasteiger partial charge in [0.15, 0.2) is 5.57 Å². The van der Waals surface area contributed by atoms with Gasteiger partial charge in [-0.2, -0.15) is 10.5 Å². The summed E-state index contributed by atoms with van der Waals surface area (Å²) in [5, 5.41) is 19.1. The van der Waals surface area contributed by atoms with Crippen molar-refractivity contribution in [3.8, 4) is 17.8 Å². The van der Waals surface area contributed by atoms with E-state index in [4.69, 9.17) is 0 Å². The van der Waals surface area contributed by atoms with E-state index in [0.717, 1.165) is 23.4 Å². The third kappa shape index (κ3) is 5.49. The number of anilines is 2. The highest BCUT2D eigenvalue weighted by atomic mass is 32.2. The lowest BCUT2D eigenvalue weighted by atomic mass is 9.98. The number of unbranched alkanes of at least 4 members (excludes halogenated alkanes) is 1. The van der Waals surface area contributed by atoms with Gasteiger partial charge in [-0.25, -0.2) is 0 Å². The standard InChI is InChI=1S/C33H30N4OS2/c1-3-5-11-23(4-2)22-36-27-14-9-10-15-29(27)39-30-18-24(16-17-28(30)36)19-31-32(38)37(26-12-7-6-8-13-26)33(40-31)25(20-34)21-35/h6-10,12-19,23H,3-5,11,22H2,1-2H3. The molecule has 0 fully saturated rings. The highest BCUT2D eigenvalue weighted by Crippen LogP contribution is 2.48. The van der Waals surface area contributed by atoms with Crippen molar-refractivity contribution in [1.29, 1.82) is 10.5 Å². The van der Waals surface area contributed by atoms with Gasteiger partial charge < -0.3 is 4.90 Å². The van der Waals surface area contributed by atoms with Crippen LogP contribution in [0.2, 0.25) is 0 Å². The number of fused-ring (bicyclic) bond motifs is 2. The number of nitrogens with zero attached hydrogens (tertiary/aromatic N) is 4. The van der Waals surface area contributed by atoms with Crippen molar-refractivity contribution in [2.75, 3.05) is 11.4 Å². The minimum absolute atomic E-state index is 0.0765. The first kappa shape index (κ1) is 27.5. The molecule has 4 aromatic rings. The Morgan fingerprint density at radius 2 is 1.68 bits per heavy atom. The van der Waals surface area contributed by atoms with Crippen LogP contribution in [0.15, 0.2) is 87.4 Å². The van der Waals surface area contributed by atoms with Crippen LogP contribution >= 0.6 is 23.1 Å². The Morgan fingerprint density at radius 1 is 0.950 bits per heavy atom. The molecule has 0 bridgehead atoms. The Bertz CT molecular complexity index is 1780. The topological polar surface area (TPSA) is 72.8 Å². The maximum absolute atomic E-state index is 13.6. The SMILES string of the molecule is CCCCC(CC)CN1c2ccccc2Sc2cc(C=c3sc(=C(C#N)C#N)n(-c4ccccc4)c3=O)ccc21. The second-order valence-electron chi connectivity index (χ2n) is 9.81. The lowest BCUT2D eigenvalue weighted by Crippen LogP contribution is -2.30. The zero-order valence-corrected chi connectivity index (χ0v) is 24.3. The van der Waals surface area contributed by atoms with E-state index < -0.39 is 0 Å². The first-order chi connectivity index (χ1) is 19.6. The van der Waals surface area contributed by atoms with E-state index in [1.807, 2.05) is 36.4 Å². The third-order valence-corrected chi connectivity index (χ3v) is 9.41. The first-order valence-corrected chi connectivity index (χ1v) is 15.2. The monoisotopic (exact) mass is 562 g/mol. The first-order valence-electron chi connectivity index (χ1n) is 13.6. The van der Waals surface area contributed by atoms with E-state index in [2.05, 4.69) is 61.2 Å². The van der Waals surface area contributed by atoms with E-state index in [1.165, 1.54) is 51.4 Å². The summed E-state index contributed by atoms with van der Waals surface area (Å²) in [5.74, 6) is 0.613. The number of benzene rings is 3. The Kier molecular flexibility index (Phi) is 8.55. The summed E-state index contributed by atoms with van der Waals surface area (Å²) >= 11 is 2.93. The van der Waals surface area contributed by atoms with E-state index in [-0.39, 0.29) is 11.1 Å². The van der Waals surface area contributed by atoms with Gasteiger partial charge in [0.1, 0.15) is 16.8 Å². The molecule has 0 N–H and O–H groups in total. The van der Waals surface area contributed by atoms with Crippen molar-refractivity contribution in [1.82, 2.24) is 4.57 Å². The Morgan fingerprint density at radius 3 is 2.40 bits per heavy atom.